The molecule has 0 aromatic heterocycles. The minimum atomic E-state index is 0.322. The van der Waals surface area contributed by atoms with Crippen molar-refractivity contribution in [3.05, 3.63) is 35.4 Å². The van der Waals surface area contributed by atoms with Gasteiger partial charge in [0.05, 0.1) is 12.6 Å². The van der Waals surface area contributed by atoms with Crippen molar-refractivity contribution in [2.75, 3.05) is 19.8 Å². The third-order valence-electron chi connectivity index (χ3n) is 3.06. The van der Waals surface area contributed by atoms with Gasteiger partial charge in [0, 0.05) is 6.61 Å². The van der Waals surface area contributed by atoms with Crippen LogP contribution < -0.4 is 5.32 Å². The van der Waals surface area contributed by atoms with Crippen LogP contribution in [-0.4, -0.2) is 19.8 Å². The molecule has 0 fully saturated rings. The van der Waals surface area contributed by atoms with Crippen molar-refractivity contribution in [3.8, 4) is 0 Å². The summed E-state index contributed by atoms with van der Waals surface area (Å²) in [5.74, 6) is 0. The van der Waals surface area contributed by atoms with Gasteiger partial charge in [0.2, 0.25) is 0 Å². The molecule has 0 saturated carbocycles. The van der Waals surface area contributed by atoms with E-state index in [-0.39, 0.29) is 0 Å². The van der Waals surface area contributed by atoms with Crippen LogP contribution in [0.25, 0.3) is 0 Å². The van der Waals surface area contributed by atoms with E-state index in [2.05, 4.69) is 50.4 Å². The molecule has 0 saturated heterocycles. The molecule has 1 aromatic carbocycles. The maximum Gasteiger partial charge on any atom is 0.0661 e. The van der Waals surface area contributed by atoms with Gasteiger partial charge >= 0.3 is 0 Å². The van der Waals surface area contributed by atoms with E-state index in [0.717, 1.165) is 39.0 Å². The minimum Gasteiger partial charge on any atom is -0.379 e. The highest BCUT2D eigenvalue weighted by Crippen LogP contribution is 2.15. The number of rotatable bonds is 9. The summed E-state index contributed by atoms with van der Waals surface area (Å²) < 4.78 is 5.69. The van der Waals surface area contributed by atoms with Crippen LogP contribution in [0.2, 0.25) is 0 Å². The zero-order valence-electron chi connectivity index (χ0n) is 12.0. The van der Waals surface area contributed by atoms with Crippen molar-refractivity contribution < 1.29 is 4.74 Å². The molecule has 0 aliphatic heterocycles. The van der Waals surface area contributed by atoms with Crippen LogP contribution in [0.5, 0.6) is 0 Å². The molecule has 0 aliphatic rings. The number of aryl methyl sites for hydroxylation is 1. The van der Waals surface area contributed by atoms with Crippen molar-refractivity contribution in [3.63, 3.8) is 0 Å². The first-order valence-corrected chi connectivity index (χ1v) is 7.21. The number of ether oxygens (including phenoxy) is 1. The summed E-state index contributed by atoms with van der Waals surface area (Å²) in [6, 6.07) is 9.21. The van der Waals surface area contributed by atoms with Gasteiger partial charge in [-0.05, 0) is 36.9 Å². The van der Waals surface area contributed by atoms with Gasteiger partial charge in [-0.15, -0.1) is 0 Å². The molecule has 2 heteroatoms. The summed E-state index contributed by atoms with van der Waals surface area (Å²) in [7, 11) is 0. The Morgan fingerprint density at radius 2 is 1.78 bits per heavy atom. The van der Waals surface area contributed by atoms with E-state index in [1.165, 1.54) is 11.1 Å². The molecule has 1 N–H and O–H groups in total. The molecule has 1 unspecified atom stereocenters. The van der Waals surface area contributed by atoms with Gasteiger partial charge in [0.1, 0.15) is 0 Å². The molecule has 1 rings (SSSR count). The van der Waals surface area contributed by atoms with Crippen molar-refractivity contribution in [2.45, 2.75) is 46.1 Å². The first kappa shape index (κ1) is 15.2. The lowest BCUT2D eigenvalue weighted by atomic mass is 10.0. The monoisotopic (exact) mass is 249 g/mol. The summed E-state index contributed by atoms with van der Waals surface area (Å²) in [5, 5.41) is 3.56. The van der Waals surface area contributed by atoms with Crippen molar-refractivity contribution in [2.24, 2.45) is 0 Å². The Morgan fingerprint density at radius 3 is 2.33 bits per heavy atom. The maximum absolute atomic E-state index is 5.69. The topological polar surface area (TPSA) is 21.3 Å². The lowest BCUT2D eigenvalue weighted by Gasteiger charge is -2.19. The van der Waals surface area contributed by atoms with Crippen molar-refractivity contribution >= 4 is 0 Å². The molecule has 0 bridgehead atoms. The van der Waals surface area contributed by atoms with E-state index in [0.29, 0.717) is 6.04 Å². The number of benzene rings is 1. The Kier molecular flexibility index (Phi) is 7.70. The molecule has 102 valence electrons. The minimum absolute atomic E-state index is 0.322. The molecule has 1 atom stereocenters. The molecule has 0 spiro atoms. The highest BCUT2D eigenvalue weighted by atomic mass is 16.5. The Hall–Kier alpha value is -0.860. The third kappa shape index (κ3) is 5.19. The van der Waals surface area contributed by atoms with E-state index in [9.17, 15) is 0 Å². The Bertz CT molecular complexity index is 307. The molecule has 0 heterocycles. The quantitative estimate of drug-likeness (QED) is 0.674. The molecule has 1 aromatic rings. The van der Waals surface area contributed by atoms with Crippen LogP contribution in [0.15, 0.2) is 24.3 Å². The van der Waals surface area contributed by atoms with Crippen LogP contribution in [0.4, 0.5) is 0 Å². The Balaban J connectivity index is 2.60. The van der Waals surface area contributed by atoms with Crippen LogP contribution in [-0.2, 0) is 11.2 Å². The second kappa shape index (κ2) is 9.12. The summed E-state index contributed by atoms with van der Waals surface area (Å²) in [6.45, 7) is 9.17. The van der Waals surface area contributed by atoms with Gasteiger partial charge < -0.3 is 10.1 Å². The van der Waals surface area contributed by atoms with Gasteiger partial charge in [0.25, 0.3) is 0 Å². The highest BCUT2D eigenvalue weighted by molar-refractivity contribution is 5.25. The van der Waals surface area contributed by atoms with Crippen molar-refractivity contribution in [1.82, 2.24) is 5.32 Å². The second-order valence-corrected chi connectivity index (χ2v) is 4.68. The molecular weight excluding hydrogens is 222 g/mol. The fourth-order valence-corrected chi connectivity index (χ4v) is 1.92. The summed E-state index contributed by atoms with van der Waals surface area (Å²) in [5.41, 5.74) is 2.72. The fraction of sp³-hybridized carbons (Fsp3) is 0.625. The molecule has 0 aliphatic carbocycles. The summed E-state index contributed by atoms with van der Waals surface area (Å²) in [6.07, 6.45) is 3.33. The van der Waals surface area contributed by atoms with E-state index >= 15 is 0 Å². The van der Waals surface area contributed by atoms with E-state index in [1.54, 1.807) is 0 Å². The van der Waals surface area contributed by atoms with E-state index < -0.39 is 0 Å². The average molecular weight is 249 g/mol. The van der Waals surface area contributed by atoms with Gasteiger partial charge in [-0.3, -0.25) is 0 Å². The van der Waals surface area contributed by atoms with Crippen molar-refractivity contribution in [1.29, 1.82) is 0 Å². The van der Waals surface area contributed by atoms with Gasteiger partial charge in [-0.2, -0.15) is 0 Å². The maximum atomic E-state index is 5.69. The summed E-state index contributed by atoms with van der Waals surface area (Å²) >= 11 is 0. The lowest BCUT2D eigenvalue weighted by Crippen LogP contribution is -2.26. The molecule has 2 nitrogen and oxygen atoms in total. The number of hydrogen-bond donors (Lipinski definition) is 1. The lowest BCUT2D eigenvalue weighted by molar-refractivity contribution is 0.112. The highest BCUT2D eigenvalue weighted by Gasteiger charge is 2.10. The average Bonchev–Trinajstić information content (AvgIpc) is 2.43. The van der Waals surface area contributed by atoms with Gasteiger partial charge in [-0.25, -0.2) is 0 Å². The Morgan fingerprint density at radius 1 is 1.06 bits per heavy atom. The molecule has 18 heavy (non-hydrogen) atoms. The number of nitrogens with one attached hydrogen (secondary N) is 1. The zero-order valence-corrected chi connectivity index (χ0v) is 12.0. The van der Waals surface area contributed by atoms with E-state index in [4.69, 9.17) is 4.74 Å². The normalized spacial score (nSPS) is 12.6. The van der Waals surface area contributed by atoms with Crippen LogP contribution >= 0.6 is 0 Å². The summed E-state index contributed by atoms with van der Waals surface area (Å²) in [4.78, 5) is 0. The SMILES string of the molecule is CCCNC(COCCC)c1ccc(CC)cc1. The van der Waals surface area contributed by atoms with Crippen LogP contribution in [0.3, 0.4) is 0 Å². The Labute approximate surface area is 112 Å². The zero-order chi connectivity index (χ0) is 13.2. The standard InChI is InChI=1S/C16H27NO/c1-4-11-17-16(13-18-12-5-2)15-9-7-14(6-3)8-10-15/h7-10,16-17H,4-6,11-13H2,1-3H3. The molecule has 0 radical (unpaired) electrons. The largest absolute Gasteiger partial charge is 0.379 e. The van der Waals surface area contributed by atoms with E-state index in [1.807, 2.05) is 0 Å². The number of hydrogen-bond acceptors (Lipinski definition) is 2. The predicted molar refractivity (Wildman–Crippen MR) is 78.0 cm³/mol. The predicted octanol–water partition coefficient (Wildman–Crippen LogP) is 3.72. The first-order valence-electron chi connectivity index (χ1n) is 7.21. The molecular formula is C16H27NO. The smallest absolute Gasteiger partial charge is 0.0661 e. The first-order chi connectivity index (χ1) is 8.81. The molecule has 0 amide bonds. The van der Waals surface area contributed by atoms with Crippen LogP contribution in [0.1, 0.15) is 50.8 Å². The second-order valence-electron chi connectivity index (χ2n) is 4.68. The van der Waals surface area contributed by atoms with Gasteiger partial charge in [0.15, 0.2) is 0 Å². The van der Waals surface area contributed by atoms with Crippen LogP contribution in [0, 0.1) is 0 Å². The van der Waals surface area contributed by atoms with Gasteiger partial charge in [-0.1, -0.05) is 45.0 Å². The fourth-order valence-electron chi connectivity index (χ4n) is 1.92. The third-order valence-corrected chi connectivity index (χ3v) is 3.06.